The topological polar surface area (TPSA) is 86.5 Å². The molecule has 3 N–H and O–H groups in total. The zero-order valence-electron chi connectivity index (χ0n) is 13.2. The van der Waals surface area contributed by atoms with Crippen LogP contribution in [0.1, 0.15) is 38.1 Å². The van der Waals surface area contributed by atoms with E-state index >= 15 is 0 Å². The number of carbonyl (C=O) groups excluding carboxylic acids is 1. The second-order valence-corrected chi connectivity index (χ2v) is 5.03. The van der Waals surface area contributed by atoms with Gasteiger partial charge in [0, 0.05) is 6.61 Å². The highest BCUT2D eigenvalue weighted by Crippen LogP contribution is 2.18. The van der Waals surface area contributed by atoms with Gasteiger partial charge in [0.25, 0.3) is 0 Å². The molecule has 1 atom stereocenters. The van der Waals surface area contributed by atoms with Gasteiger partial charge in [0.15, 0.2) is 0 Å². The highest BCUT2D eigenvalue weighted by atomic mass is 16.5. The molecule has 0 aliphatic heterocycles. The number of aromatic nitrogens is 1. The summed E-state index contributed by atoms with van der Waals surface area (Å²) >= 11 is 0. The van der Waals surface area contributed by atoms with Crippen LogP contribution in [-0.4, -0.2) is 36.8 Å². The zero-order chi connectivity index (χ0) is 15.8. The Morgan fingerprint density at radius 1 is 1.38 bits per heavy atom. The fourth-order valence-corrected chi connectivity index (χ4v) is 1.77. The van der Waals surface area contributed by atoms with Crippen molar-refractivity contribution in [2.24, 2.45) is 5.92 Å². The summed E-state index contributed by atoms with van der Waals surface area (Å²) in [6, 6.07) is 1.73. The van der Waals surface area contributed by atoms with Crippen LogP contribution in [-0.2, 0) is 9.47 Å². The van der Waals surface area contributed by atoms with Gasteiger partial charge in [-0.25, -0.2) is 9.78 Å². The number of nitrogens with two attached hydrogens (primary N) is 1. The number of carbonyl (C=O) groups is 1. The Kier molecular flexibility index (Phi) is 6.94. The van der Waals surface area contributed by atoms with Crippen molar-refractivity contribution >= 4 is 17.5 Å². The Morgan fingerprint density at radius 3 is 2.67 bits per heavy atom. The Morgan fingerprint density at radius 2 is 2.10 bits per heavy atom. The molecule has 0 aromatic carbocycles. The molecule has 1 heterocycles. The van der Waals surface area contributed by atoms with Gasteiger partial charge in [-0.2, -0.15) is 0 Å². The molecular formula is C15H25N3O3. The third-order valence-corrected chi connectivity index (χ3v) is 3.07. The van der Waals surface area contributed by atoms with Gasteiger partial charge in [0.2, 0.25) is 0 Å². The normalized spacial score (nSPS) is 12.2. The minimum Gasteiger partial charge on any atom is -0.462 e. The summed E-state index contributed by atoms with van der Waals surface area (Å²) in [5.74, 6) is 0.513. The van der Waals surface area contributed by atoms with Gasteiger partial charge in [0.05, 0.1) is 36.7 Å². The summed E-state index contributed by atoms with van der Waals surface area (Å²) in [6.45, 7) is 9.45. The van der Waals surface area contributed by atoms with Crippen molar-refractivity contribution in [2.75, 3.05) is 30.9 Å². The molecule has 1 aromatic rings. The first kappa shape index (κ1) is 17.2. The Labute approximate surface area is 126 Å². The van der Waals surface area contributed by atoms with E-state index in [4.69, 9.17) is 15.2 Å². The Bertz CT molecular complexity index is 463. The van der Waals surface area contributed by atoms with E-state index in [-0.39, 0.29) is 6.04 Å². The first-order valence-electron chi connectivity index (χ1n) is 7.26. The molecule has 6 heteroatoms. The molecule has 1 unspecified atom stereocenters. The molecule has 0 radical (unpaired) electrons. The lowest BCUT2D eigenvalue weighted by Gasteiger charge is -2.23. The maximum atomic E-state index is 11.8. The molecule has 0 fully saturated rings. The molecule has 0 spiro atoms. The zero-order valence-corrected chi connectivity index (χ0v) is 13.2. The van der Waals surface area contributed by atoms with E-state index in [0.717, 1.165) is 0 Å². The quantitative estimate of drug-likeness (QED) is 0.716. The summed E-state index contributed by atoms with van der Waals surface area (Å²) in [5.41, 5.74) is 6.41. The van der Waals surface area contributed by atoms with Crippen LogP contribution in [0.2, 0.25) is 0 Å². The molecule has 0 bridgehead atoms. The number of pyridine rings is 1. The summed E-state index contributed by atoms with van der Waals surface area (Å²) in [4.78, 5) is 16.0. The number of nitrogens with one attached hydrogen (secondary N) is 1. The van der Waals surface area contributed by atoms with Crippen LogP contribution in [0.3, 0.4) is 0 Å². The number of esters is 1. The number of hydrogen-bond donors (Lipinski definition) is 2. The van der Waals surface area contributed by atoms with E-state index in [1.54, 1.807) is 13.0 Å². The van der Waals surface area contributed by atoms with E-state index in [1.807, 2.05) is 6.92 Å². The molecule has 0 aliphatic rings. The van der Waals surface area contributed by atoms with Crippen LogP contribution in [0.25, 0.3) is 0 Å². The van der Waals surface area contributed by atoms with Crippen molar-refractivity contribution in [1.29, 1.82) is 0 Å². The predicted octanol–water partition coefficient (Wildman–Crippen LogP) is 2.31. The highest BCUT2D eigenvalue weighted by molar-refractivity contribution is 5.95. The van der Waals surface area contributed by atoms with E-state index in [9.17, 15) is 4.79 Å². The molecule has 0 saturated carbocycles. The van der Waals surface area contributed by atoms with Crippen LogP contribution in [0.4, 0.5) is 11.5 Å². The van der Waals surface area contributed by atoms with Gasteiger partial charge in [-0.05, 0) is 25.8 Å². The smallest absolute Gasteiger partial charge is 0.340 e. The Balaban J connectivity index is 2.87. The average Bonchev–Trinajstić information content (AvgIpc) is 2.45. The number of ether oxygens (including phenoxy) is 2. The molecule has 0 amide bonds. The van der Waals surface area contributed by atoms with Crippen molar-refractivity contribution in [3.63, 3.8) is 0 Å². The fourth-order valence-electron chi connectivity index (χ4n) is 1.77. The lowest BCUT2D eigenvalue weighted by Crippen LogP contribution is -2.31. The monoisotopic (exact) mass is 295 g/mol. The molecule has 1 rings (SSSR count). The number of hydrogen-bond acceptors (Lipinski definition) is 6. The molecule has 118 valence electrons. The van der Waals surface area contributed by atoms with E-state index in [2.05, 4.69) is 24.1 Å². The van der Waals surface area contributed by atoms with Crippen molar-refractivity contribution in [2.45, 2.75) is 33.7 Å². The van der Waals surface area contributed by atoms with Crippen LogP contribution in [0, 0.1) is 5.92 Å². The number of nitrogen functional groups attached to an aromatic ring is 1. The van der Waals surface area contributed by atoms with Gasteiger partial charge in [-0.3, -0.25) is 0 Å². The van der Waals surface area contributed by atoms with Crippen molar-refractivity contribution in [3.8, 4) is 0 Å². The lowest BCUT2D eigenvalue weighted by molar-refractivity contribution is 0.0527. The molecule has 0 saturated heterocycles. The van der Waals surface area contributed by atoms with Gasteiger partial charge in [-0.1, -0.05) is 13.8 Å². The van der Waals surface area contributed by atoms with Gasteiger partial charge in [-0.15, -0.1) is 0 Å². The Hall–Kier alpha value is -1.82. The first-order valence-corrected chi connectivity index (χ1v) is 7.26. The lowest BCUT2D eigenvalue weighted by atomic mass is 10.1. The molecule has 1 aromatic heterocycles. The van der Waals surface area contributed by atoms with Crippen molar-refractivity contribution in [1.82, 2.24) is 4.98 Å². The van der Waals surface area contributed by atoms with Crippen molar-refractivity contribution < 1.29 is 14.3 Å². The van der Waals surface area contributed by atoms with Gasteiger partial charge in [0.1, 0.15) is 5.82 Å². The molecule has 21 heavy (non-hydrogen) atoms. The molecule has 0 aliphatic carbocycles. The summed E-state index contributed by atoms with van der Waals surface area (Å²) in [6.07, 6.45) is 1.46. The number of anilines is 2. The van der Waals surface area contributed by atoms with Crippen LogP contribution < -0.4 is 11.1 Å². The molecular weight excluding hydrogens is 270 g/mol. The van der Waals surface area contributed by atoms with Crippen LogP contribution in [0.5, 0.6) is 0 Å². The minimum atomic E-state index is -0.439. The molecule has 6 nitrogen and oxygen atoms in total. The third kappa shape index (κ3) is 5.23. The van der Waals surface area contributed by atoms with Gasteiger partial charge < -0.3 is 20.5 Å². The van der Waals surface area contributed by atoms with E-state index in [0.29, 0.717) is 42.8 Å². The predicted molar refractivity (Wildman–Crippen MR) is 83.3 cm³/mol. The van der Waals surface area contributed by atoms with E-state index in [1.165, 1.54) is 6.20 Å². The standard InChI is InChI=1S/C15H25N3O3/c1-5-20-9-13(10(3)4)18-14-7-11(12(16)8-17-14)15(19)21-6-2/h7-8,10,13H,5-6,9,16H2,1-4H3,(H,17,18). The van der Waals surface area contributed by atoms with Crippen molar-refractivity contribution in [3.05, 3.63) is 17.8 Å². The maximum absolute atomic E-state index is 11.8. The highest BCUT2D eigenvalue weighted by Gasteiger charge is 2.17. The summed E-state index contributed by atoms with van der Waals surface area (Å²) in [5, 5.41) is 3.28. The minimum absolute atomic E-state index is 0.108. The SMILES string of the molecule is CCOCC(Nc1cc(C(=O)OCC)c(N)cn1)C(C)C. The maximum Gasteiger partial charge on any atom is 0.340 e. The average molecular weight is 295 g/mol. The van der Waals surface area contributed by atoms with Crippen LogP contribution >= 0.6 is 0 Å². The largest absolute Gasteiger partial charge is 0.462 e. The third-order valence-electron chi connectivity index (χ3n) is 3.07. The first-order chi connectivity index (χ1) is 9.99. The van der Waals surface area contributed by atoms with E-state index < -0.39 is 5.97 Å². The summed E-state index contributed by atoms with van der Waals surface area (Å²) < 4.78 is 10.4. The summed E-state index contributed by atoms with van der Waals surface area (Å²) in [7, 11) is 0. The fraction of sp³-hybridized carbons (Fsp3) is 0.600. The number of rotatable bonds is 8. The second-order valence-electron chi connectivity index (χ2n) is 5.03. The van der Waals surface area contributed by atoms with Gasteiger partial charge >= 0.3 is 5.97 Å². The second kappa shape index (κ2) is 8.46. The van der Waals surface area contributed by atoms with Crippen LogP contribution in [0.15, 0.2) is 12.3 Å². The number of nitrogens with zero attached hydrogens (tertiary/aromatic N) is 1.